The monoisotopic (exact) mass is 70.1 g/mol. The molecule has 28 valence electrons. The summed E-state index contributed by atoms with van der Waals surface area (Å²) in [6.07, 6.45) is 0. The Hall–Kier alpha value is -0.465. The molecule has 0 radical (unpaired) electrons. The Kier molecular flexibility index (Phi) is 1.65. The van der Waals surface area contributed by atoms with Gasteiger partial charge in [0, 0.05) is 5.73 Å². The maximum Gasteiger partial charge on any atom is 0.199 e. The van der Waals surface area contributed by atoms with E-state index in [4.69, 9.17) is 11.1 Å². The Morgan fingerprint density at radius 1 is 2.00 bits per heavy atom. The first kappa shape index (κ1) is 4.53. The van der Waals surface area contributed by atoms with Crippen LogP contribution in [-0.2, 0) is 0 Å². The molecule has 0 spiro atoms. The first-order valence-electron chi connectivity index (χ1n) is 1.60. The topological polar surface area (TPSA) is 49.9 Å². The van der Waals surface area contributed by atoms with Gasteiger partial charge in [-0.3, -0.25) is 5.41 Å². The van der Waals surface area contributed by atoms with Crippen molar-refractivity contribution in [3.8, 4) is 0 Å². The summed E-state index contributed by atoms with van der Waals surface area (Å²) in [6, 6.07) is 0. The van der Waals surface area contributed by atoms with Gasteiger partial charge in [0.25, 0.3) is 0 Å². The van der Waals surface area contributed by atoms with Gasteiger partial charge in [-0.2, -0.15) is 0 Å². The van der Waals surface area contributed by atoms with Crippen LogP contribution in [0, 0.1) is 5.41 Å². The first-order valence-corrected chi connectivity index (χ1v) is 1.60. The molecular weight excluding hydrogens is 62.8 g/mol. The Labute approximate surface area is 32.1 Å². The highest BCUT2D eigenvalue weighted by Crippen LogP contribution is 1.46. The van der Waals surface area contributed by atoms with Crippen LogP contribution in [0.15, 0.2) is 0 Å². The van der Waals surface area contributed by atoms with Gasteiger partial charge in [-0.1, -0.05) is 6.82 Å². The first-order chi connectivity index (χ1) is 2.27. The predicted octanol–water partition coefficient (Wildman–Crippen LogP) is -0.636. The molecule has 0 aromatic carbocycles. The molecular formula is C2H7BN2. The molecule has 3 N–H and O–H groups in total. The minimum atomic E-state index is 0.255. The molecule has 0 amide bonds. The Balaban J connectivity index is 2.85. The van der Waals surface area contributed by atoms with Gasteiger partial charge < -0.3 is 5.73 Å². The van der Waals surface area contributed by atoms with Crippen molar-refractivity contribution in [2.45, 2.75) is 6.82 Å². The van der Waals surface area contributed by atoms with Gasteiger partial charge >= 0.3 is 0 Å². The zero-order chi connectivity index (χ0) is 4.28. The number of amidine groups is 1. The summed E-state index contributed by atoms with van der Waals surface area (Å²) in [4.78, 5) is 0. The number of nitrogens with one attached hydrogen (secondary N) is 1. The zero-order valence-electron chi connectivity index (χ0n) is 3.28. The minimum Gasteiger partial charge on any atom is -0.396 e. The summed E-state index contributed by atoms with van der Waals surface area (Å²) < 4.78 is 0. The van der Waals surface area contributed by atoms with E-state index in [9.17, 15) is 0 Å². The molecule has 3 heteroatoms. The van der Waals surface area contributed by atoms with E-state index in [1.54, 1.807) is 0 Å². The Morgan fingerprint density at radius 3 is 2.20 bits per heavy atom. The van der Waals surface area contributed by atoms with Crippen LogP contribution in [0.2, 0.25) is 6.82 Å². The molecule has 0 fully saturated rings. The Bertz CT molecular complexity index is 42.9. The maximum atomic E-state index is 6.52. The second kappa shape index (κ2) is 1.82. The number of nitrogens with two attached hydrogens (primary N) is 1. The average Bonchev–Trinajstić information content (AvgIpc) is 1.38. The molecule has 5 heavy (non-hydrogen) atoms. The lowest BCUT2D eigenvalue weighted by molar-refractivity contribution is 1.50. The van der Waals surface area contributed by atoms with Gasteiger partial charge in [0.05, 0.1) is 0 Å². The van der Waals surface area contributed by atoms with Gasteiger partial charge in [0.1, 0.15) is 0 Å². The lowest BCUT2D eigenvalue weighted by Crippen LogP contribution is -2.14. The summed E-state index contributed by atoms with van der Waals surface area (Å²) >= 11 is 0. The van der Waals surface area contributed by atoms with Gasteiger partial charge in [0.15, 0.2) is 7.28 Å². The standard InChI is InChI=1S/C2H7BN2/c1-3-2(4)5/h3H,1H3,(H3,4,5). The quantitative estimate of drug-likeness (QED) is 0.240. The molecule has 0 saturated carbocycles. The molecule has 0 bridgehead atoms. The van der Waals surface area contributed by atoms with E-state index < -0.39 is 0 Å². The van der Waals surface area contributed by atoms with Gasteiger partial charge in [0.2, 0.25) is 0 Å². The fourth-order valence-corrected chi connectivity index (χ4v) is 0. The molecule has 0 heterocycles. The van der Waals surface area contributed by atoms with Crippen molar-refractivity contribution in [3.63, 3.8) is 0 Å². The third-order valence-electron chi connectivity index (χ3n) is 0.381. The fraction of sp³-hybridized carbons (Fsp3) is 0.500. The largest absolute Gasteiger partial charge is 0.396 e. The molecule has 0 rings (SSSR count). The van der Waals surface area contributed by atoms with Crippen molar-refractivity contribution in [1.29, 1.82) is 5.41 Å². The van der Waals surface area contributed by atoms with Crippen LogP contribution in [0.3, 0.4) is 0 Å². The van der Waals surface area contributed by atoms with E-state index >= 15 is 0 Å². The van der Waals surface area contributed by atoms with E-state index in [2.05, 4.69) is 0 Å². The summed E-state index contributed by atoms with van der Waals surface area (Å²) in [7, 11) is 0.667. The molecule has 0 aromatic rings. The molecule has 0 aliphatic rings. The zero-order valence-corrected chi connectivity index (χ0v) is 3.28. The van der Waals surface area contributed by atoms with Crippen LogP contribution in [0.5, 0.6) is 0 Å². The molecule has 0 atom stereocenters. The molecule has 0 aromatic heterocycles. The fourth-order valence-electron chi connectivity index (χ4n) is 0. The van der Waals surface area contributed by atoms with Crippen LogP contribution >= 0.6 is 0 Å². The third kappa shape index (κ3) is 3.53. The van der Waals surface area contributed by atoms with E-state index in [0.717, 1.165) is 0 Å². The summed E-state index contributed by atoms with van der Waals surface area (Å²) in [5.74, 6) is 0. The molecule has 0 saturated heterocycles. The van der Waals surface area contributed by atoms with E-state index in [1.807, 2.05) is 6.82 Å². The minimum absolute atomic E-state index is 0.255. The smallest absolute Gasteiger partial charge is 0.199 e. The normalized spacial score (nSPS) is 6.60. The van der Waals surface area contributed by atoms with Gasteiger partial charge in [-0.05, 0) is 0 Å². The molecule has 0 unspecified atom stereocenters. The Morgan fingerprint density at radius 2 is 2.20 bits per heavy atom. The van der Waals surface area contributed by atoms with Crippen LogP contribution < -0.4 is 5.73 Å². The average molecular weight is 69.9 g/mol. The highest BCUT2D eigenvalue weighted by Gasteiger charge is 1.75. The van der Waals surface area contributed by atoms with E-state index in [1.165, 1.54) is 0 Å². The van der Waals surface area contributed by atoms with Crippen LogP contribution in [-0.4, -0.2) is 13.0 Å². The van der Waals surface area contributed by atoms with Crippen LogP contribution in [0.25, 0.3) is 0 Å². The van der Waals surface area contributed by atoms with Crippen molar-refractivity contribution >= 4 is 13.0 Å². The van der Waals surface area contributed by atoms with Crippen molar-refractivity contribution < 1.29 is 0 Å². The third-order valence-corrected chi connectivity index (χ3v) is 0.381. The molecule has 2 nitrogen and oxygen atoms in total. The van der Waals surface area contributed by atoms with Crippen LogP contribution in [0.1, 0.15) is 0 Å². The molecule has 0 aliphatic carbocycles. The van der Waals surface area contributed by atoms with Gasteiger partial charge in [-0.15, -0.1) is 0 Å². The lowest BCUT2D eigenvalue weighted by Gasteiger charge is -1.76. The SMILES string of the molecule is CBC(=N)N. The molecule has 0 aliphatic heterocycles. The highest BCUT2D eigenvalue weighted by molar-refractivity contribution is 6.72. The lowest BCUT2D eigenvalue weighted by atomic mass is 9.81. The van der Waals surface area contributed by atoms with E-state index in [0.29, 0.717) is 7.28 Å². The summed E-state index contributed by atoms with van der Waals surface area (Å²) in [5, 5.41) is 6.52. The van der Waals surface area contributed by atoms with Crippen molar-refractivity contribution in [1.82, 2.24) is 0 Å². The second-order valence-electron chi connectivity index (χ2n) is 0.879. The summed E-state index contributed by atoms with van der Waals surface area (Å²) in [5.41, 5.74) is 5.13. The second-order valence-corrected chi connectivity index (χ2v) is 0.879. The summed E-state index contributed by atoms with van der Waals surface area (Å²) in [6.45, 7) is 1.85. The highest BCUT2D eigenvalue weighted by atomic mass is 14.6. The van der Waals surface area contributed by atoms with Crippen molar-refractivity contribution in [2.24, 2.45) is 5.73 Å². The number of hydrogen-bond acceptors (Lipinski definition) is 1. The maximum absolute atomic E-state index is 6.52. The number of hydrogen-bond donors (Lipinski definition) is 2. The van der Waals surface area contributed by atoms with Crippen molar-refractivity contribution in [2.75, 3.05) is 0 Å². The predicted molar refractivity (Wildman–Crippen MR) is 24.9 cm³/mol. The van der Waals surface area contributed by atoms with Crippen LogP contribution in [0.4, 0.5) is 0 Å². The van der Waals surface area contributed by atoms with E-state index in [-0.39, 0.29) is 5.73 Å². The number of rotatable bonds is 1. The van der Waals surface area contributed by atoms with Gasteiger partial charge in [-0.25, -0.2) is 0 Å². The van der Waals surface area contributed by atoms with Crippen molar-refractivity contribution in [3.05, 3.63) is 0 Å².